The van der Waals surface area contributed by atoms with Gasteiger partial charge in [0, 0.05) is 31.6 Å². The van der Waals surface area contributed by atoms with Gasteiger partial charge in [0.2, 0.25) is 5.91 Å². The predicted octanol–water partition coefficient (Wildman–Crippen LogP) is 2.16. The highest BCUT2D eigenvalue weighted by Crippen LogP contribution is 2.23. The van der Waals surface area contributed by atoms with Gasteiger partial charge in [0.05, 0.1) is 24.8 Å². The molecule has 0 radical (unpaired) electrons. The third-order valence-corrected chi connectivity index (χ3v) is 5.11. The molecule has 0 spiro atoms. The number of morpholine rings is 1. The largest absolute Gasteiger partial charge is 0.378 e. The number of hydrogen-bond donors (Lipinski definition) is 0. The van der Waals surface area contributed by atoms with Crippen LogP contribution in [0.5, 0.6) is 0 Å². The lowest BCUT2D eigenvalue weighted by Gasteiger charge is -2.33. The average Bonchev–Trinajstić information content (AvgIpc) is 2.65. The number of carbonyl (C=O) groups is 1. The number of ether oxygens (including phenoxy) is 1. The van der Waals surface area contributed by atoms with Gasteiger partial charge in [0.15, 0.2) is 0 Å². The summed E-state index contributed by atoms with van der Waals surface area (Å²) in [4.78, 5) is 16.5. The Kier molecular flexibility index (Phi) is 6.00. The van der Waals surface area contributed by atoms with E-state index in [1.54, 1.807) is 12.1 Å². The number of nitriles is 1. The number of carbonyl (C=O) groups excluding carboxylic acids is 1. The Morgan fingerprint density at radius 1 is 1.24 bits per heavy atom. The number of benzene rings is 1. The second-order valence-electron chi connectivity index (χ2n) is 6.83. The molecule has 1 aromatic carbocycles. The summed E-state index contributed by atoms with van der Waals surface area (Å²) in [6, 6.07) is 6.60. The number of nitrogens with zero attached hydrogens (tertiary/aromatic N) is 3. The van der Waals surface area contributed by atoms with Crippen molar-refractivity contribution in [3.8, 4) is 6.07 Å². The molecule has 2 heterocycles. The van der Waals surface area contributed by atoms with Gasteiger partial charge < -0.3 is 9.64 Å². The zero-order chi connectivity index (χ0) is 17.6. The highest BCUT2D eigenvalue weighted by atomic mass is 19.1. The van der Waals surface area contributed by atoms with E-state index in [0.29, 0.717) is 56.3 Å². The maximum atomic E-state index is 14.0. The summed E-state index contributed by atoms with van der Waals surface area (Å²) in [7, 11) is 0. The lowest BCUT2D eigenvalue weighted by Crippen LogP contribution is -2.42. The first kappa shape index (κ1) is 17.8. The molecular weight excluding hydrogens is 321 g/mol. The van der Waals surface area contributed by atoms with E-state index in [0.717, 1.165) is 25.9 Å². The zero-order valence-corrected chi connectivity index (χ0v) is 14.4. The second kappa shape index (κ2) is 8.41. The molecule has 5 nitrogen and oxygen atoms in total. The topological polar surface area (TPSA) is 56.6 Å². The van der Waals surface area contributed by atoms with Crippen molar-refractivity contribution in [1.82, 2.24) is 9.80 Å². The van der Waals surface area contributed by atoms with Crippen LogP contribution in [0, 0.1) is 23.1 Å². The van der Waals surface area contributed by atoms with Crippen molar-refractivity contribution in [3.05, 3.63) is 35.1 Å². The molecule has 2 fully saturated rings. The summed E-state index contributed by atoms with van der Waals surface area (Å²) in [6.07, 6.45) is 2.54. The molecule has 0 bridgehead atoms. The lowest BCUT2D eigenvalue weighted by molar-refractivity contribution is -0.136. The molecule has 2 aliphatic heterocycles. The van der Waals surface area contributed by atoms with Crippen LogP contribution in [0.1, 0.15) is 30.4 Å². The first-order valence-electron chi connectivity index (χ1n) is 8.92. The highest BCUT2D eigenvalue weighted by Gasteiger charge is 2.25. The standard InChI is InChI=1S/C19H24FN3O2/c20-18-11-16(13-21)1-2-17(18)14-22-5-3-15(4-6-22)12-19(24)23-7-9-25-10-8-23/h1-2,11,15H,3-10,12,14H2. The van der Waals surface area contributed by atoms with Gasteiger partial charge in [-0.05, 0) is 44.0 Å². The maximum Gasteiger partial charge on any atom is 0.223 e. The molecule has 2 aliphatic rings. The predicted molar refractivity (Wildman–Crippen MR) is 91.1 cm³/mol. The van der Waals surface area contributed by atoms with Crippen LogP contribution in [0.15, 0.2) is 18.2 Å². The van der Waals surface area contributed by atoms with Gasteiger partial charge >= 0.3 is 0 Å². The van der Waals surface area contributed by atoms with E-state index in [4.69, 9.17) is 10.00 Å². The molecule has 25 heavy (non-hydrogen) atoms. The van der Waals surface area contributed by atoms with Gasteiger partial charge in [0.25, 0.3) is 0 Å². The first-order valence-corrected chi connectivity index (χ1v) is 8.92. The molecule has 0 saturated carbocycles. The van der Waals surface area contributed by atoms with E-state index in [9.17, 15) is 9.18 Å². The van der Waals surface area contributed by atoms with Gasteiger partial charge in [-0.15, -0.1) is 0 Å². The normalized spacial score (nSPS) is 19.6. The molecule has 6 heteroatoms. The summed E-state index contributed by atoms with van der Waals surface area (Å²) in [5.41, 5.74) is 0.975. The van der Waals surface area contributed by atoms with Crippen LogP contribution >= 0.6 is 0 Å². The number of rotatable bonds is 4. The molecule has 0 N–H and O–H groups in total. The Morgan fingerprint density at radius 3 is 2.60 bits per heavy atom. The molecule has 3 rings (SSSR count). The van der Waals surface area contributed by atoms with Crippen molar-refractivity contribution in [2.75, 3.05) is 39.4 Å². The highest BCUT2D eigenvalue weighted by molar-refractivity contribution is 5.76. The van der Waals surface area contributed by atoms with E-state index >= 15 is 0 Å². The van der Waals surface area contributed by atoms with E-state index in [2.05, 4.69) is 4.90 Å². The maximum absolute atomic E-state index is 14.0. The van der Waals surface area contributed by atoms with Crippen molar-refractivity contribution in [2.24, 2.45) is 5.92 Å². The van der Waals surface area contributed by atoms with Crippen molar-refractivity contribution >= 4 is 5.91 Å². The van der Waals surface area contributed by atoms with Gasteiger partial charge in [-0.1, -0.05) is 6.07 Å². The van der Waals surface area contributed by atoms with Crippen LogP contribution in [0.4, 0.5) is 4.39 Å². The minimum Gasteiger partial charge on any atom is -0.378 e. The van der Waals surface area contributed by atoms with Gasteiger partial charge in [0.1, 0.15) is 5.82 Å². The molecule has 0 unspecified atom stereocenters. The first-order chi connectivity index (χ1) is 12.2. The summed E-state index contributed by atoms with van der Waals surface area (Å²) in [5.74, 6) is 0.334. The minimum atomic E-state index is -0.316. The quantitative estimate of drug-likeness (QED) is 0.839. The van der Waals surface area contributed by atoms with Crippen LogP contribution in [0.25, 0.3) is 0 Å². The SMILES string of the molecule is N#Cc1ccc(CN2CCC(CC(=O)N3CCOCC3)CC2)c(F)c1. The van der Waals surface area contributed by atoms with E-state index in [1.807, 2.05) is 11.0 Å². The van der Waals surface area contributed by atoms with Crippen LogP contribution < -0.4 is 0 Å². The van der Waals surface area contributed by atoms with Crippen molar-refractivity contribution in [3.63, 3.8) is 0 Å². The number of likely N-dealkylation sites (tertiary alicyclic amines) is 1. The van der Waals surface area contributed by atoms with E-state index in [-0.39, 0.29) is 11.7 Å². The smallest absolute Gasteiger partial charge is 0.223 e. The van der Waals surface area contributed by atoms with Crippen molar-refractivity contribution in [1.29, 1.82) is 5.26 Å². The van der Waals surface area contributed by atoms with Crippen LogP contribution in [0.2, 0.25) is 0 Å². The molecule has 1 aromatic rings. The number of hydrogen-bond acceptors (Lipinski definition) is 4. The van der Waals surface area contributed by atoms with Gasteiger partial charge in [-0.2, -0.15) is 5.26 Å². The minimum absolute atomic E-state index is 0.236. The molecule has 134 valence electrons. The zero-order valence-electron chi connectivity index (χ0n) is 14.4. The molecular formula is C19H24FN3O2. The number of amides is 1. The summed E-state index contributed by atoms with van der Waals surface area (Å²) < 4.78 is 19.3. The van der Waals surface area contributed by atoms with Crippen LogP contribution in [0.3, 0.4) is 0 Å². The third kappa shape index (κ3) is 4.77. The fourth-order valence-corrected chi connectivity index (χ4v) is 3.52. The lowest BCUT2D eigenvalue weighted by atomic mass is 9.92. The Labute approximate surface area is 148 Å². The molecule has 2 saturated heterocycles. The number of piperidine rings is 1. The molecule has 0 atom stereocenters. The Bertz CT molecular complexity index is 645. The van der Waals surface area contributed by atoms with Crippen molar-refractivity contribution in [2.45, 2.75) is 25.8 Å². The molecule has 0 aromatic heterocycles. The van der Waals surface area contributed by atoms with Crippen LogP contribution in [-0.2, 0) is 16.1 Å². The summed E-state index contributed by atoms with van der Waals surface area (Å²) in [5, 5.41) is 8.80. The Balaban J connectivity index is 1.45. The molecule has 1 amide bonds. The summed E-state index contributed by atoms with van der Waals surface area (Å²) >= 11 is 0. The van der Waals surface area contributed by atoms with Gasteiger partial charge in [-0.25, -0.2) is 4.39 Å². The molecule has 0 aliphatic carbocycles. The van der Waals surface area contributed by atoms with Crippen LogP contribution in [-0.4, -0.2) is 55.1 Å². The third-order valence-electron chi connectivity index (χ3n) is 5.11. The number of halogens is 1. The van der Waals surface area contributed by atoms with E-state index in [1.165, 1.54) is 6.07 Å². The monoisotopic (exact) mass is 345 g/mol. The Hall–Kier alpha value is -1.97. The fourth-order valence-electron chi connectivity index (χ4n) is 3.52. The van der Waals surface area contributed by atoms with Gasteiger partial charge in [-0.3, -0.25) is 9.69 Å². The summed E-state index contributed by atoms with van der Waals surface area (Å²) in [6.45, 7) is 4.99. The van der Waals surface area contributed by atoms with Crippen molar-refractivity contribution < 1.29 is 13.9 Å². The Morgan fingerprint density at radius 2 is 1.96 bits per heavy atom. The second-order valence-corrected chi connectivity index (χ2v) is 6.83. The average molecular weight is 345 g/mol. The van der Waals surface area contributed by atoms with E-state index < -0.39 is 0 Å². The fraction of sp³-hybridized carbons (Fsp3) is 0.579.